The Morgan fingerprint density at radius 2 is 2.00 bits per heavy atom. The number of hydrogen-bond donors (Lipinski definition) is 1. The largest absolute Gasteiger partial charge is 0.383 e. The lowest BCUT2D eigenvalue weighted by Gasteiger charge is -2.23. The van der Waals surface area contributed by atoms with Gasteiger partial charge < -0.3 is 10.2 Å². The number of aryl methyl sites for hydroxylation is 1. The summed E-state index contributed by atoms with van der Waals surface area (Å²) in [4.78, 5) is 7.24. The van der Waals surface area contributed by atoms with E-state index in [-0.39, 0.29) is 0 Å². The molecule has 0 saturated carbocycles. The summed E-state index contributed by atoms with van der Waals surface area (Å²) >= 11 is 3.50. The van der Waals surface area contributed by atoms with Crippen molar-refractivity contribution >= 4 is 32.5 Å². The van der Waals surface area contributed by atoms with E-state index in [0.29, 0.717) is 0 Å². The predicted octanol–water partition coefficient (Wildman–Crippen LogP) is 3.85. The highest BCUT2D eigenvalue weighted by molar-refractivity contribution is 9.09. The van der Waals surface area contributed by atoms with Crippen molar-refractivity contribution in [3.05, 3.63) is 35.5 Å². The molecule has 1 aromatic carbocycles. The van der Waals surface area contributed by atoms with Crippen LogP contribution in [0.5, 0.6) is 0 Å². The summed E-state index contributed by atoms with van der Waals surface area (Å²) in [5, 5.41) is 6.00. The zero-order chi connectivity index (χ0) is 15.4. The van der Waals surface area contributed by atoms with Crippen LogP contribution in [0, 0.1) is 0 Å². The lowest BCUT2D eigenvalue weighted by molar-refractivity contribution is 0.371. The van der Waals surface area contributed by atoms with Crippen LogP contribution in [0.3, 0.4) is 0 Å². The zero-order valence-electron chi connectivity index (χ0n) is 13.2. The molecule has 3 rings (SSSR count). The summed E-state index contributed by atoms with van der Waals surface area (Å²) in [6, 6.07) is 8.52. The third-order valence-electron chi connectivity index (χ3n) is 4.43. The number of alkyl halides is 1. The van der Waals surface area contributed by atoms with Gasteiger partial charge in [-0.25, -0.2) is 0 Å². The molecule has 1 heterocycles. The van der Waals surface area contributed by atoms with Gasteiger partial charge in [0.25, 0.3) is 0 Å². The number of halogens is 1. The molecule has 0 fully saturated rings. The molecular weight excluding hydrogens is 338 g/mol. The quantitative estimate of drug-likeness (QED) is 0.792. The molecule has 22 heavy (non-hydrogen) atoms. The lowest BCUT2D eigenvalue weighted by atomic mass is 9.92. The number of nitrogens with zero attached hydrogens (tertiary/aromatic N) is 2. The first-order chi connectivity index (χ1) is 10.8. The van der Waals surface area contributed by atoms with E-state index in [0.717, 1.165) is 43.3 Å². The van der Waals surface area contributed by atoms with Gasteiger partial charge in [0.05, 0.1) is 5.52 Å². The van der Waals surface area contributed by atoms with Gasteiger partial charge >= 0.3 is 0 Å². The van der Waals surface area contributed by atoms with E-state index < -0.39 is 0 Å². The Kier molecular flexibility index (Phi) is 5.32. The van der Waals surface area contributed by atoms with Gasteiger partial charge in [0, 0.05) is 41.7 Å². The van der Waals surface area contributed by atoms with Crippen LogP contribution in [0.25, 0.3) is 10.9 Å². The van der Waals surface area contributed by atoms with Crippen LogP contribution in [-0.2, 0) is 12.8 Å². The van der Waals surface area contributed by atoms with Crippen LogP contribution in [-0.4, -0.2) is 41.9 Å². The molecule has 0 spiro atoms. The molecule has 0 atom stereocenters. The number of aromatic nitrogens is 1. The molecule has 118 valence electrons. The summed E-state index contributed by atoms with van der Waals surface area (Å²) in [6.45, 7) is 3.11. The van der Waals surface area contributed by atoms with E-state index in [9.17, 15) is 0 Å². The van der Waals surface area contributed by atoms with Gasteiger partial charge in [-0.2, -0.15) is 0 Å². The molecule has 0 saturated heterocycles. The molecule has 0 unspecified atom stereocenters. The average molecular weight is 362 g/mol. The van der Waals surface area contributed by atoms with Gasteiger partial charge in [0.15, 0.2) is 0 Å². The molecule has 1 aliphatic carbocycles. The fourth-order valence-corrected chi connectivity index (χ4v) is 3.81. The van der Waals surface area contributed by atoms with Crippen LogP contribution >= 0.6 is 15.9 Å². The highest BCUT2D eigenvalue weighted by atomic mass is 79.9. The molecular formula is C18H24BrN3. The second-order valence-electron chi connectivity index (χ2n) is 6.06. The number of hydrogen-bond acceptors (Lipinski definition) is 3. The molecule has 0 bridgehead atoms. The lowest BCUT2D eigenvalue weighted by Crippen LogP contribution is -2.27. The van der Waals surface area contributed by atoms with E-state index in [1.54, 1.807) is 0 Å². The van der Waals surface area contributed by atoms with E-state index in [2.05, 4.69) is 57.5 Å². The van der Waals surface area contributed by atoms with Crippen molar-refractivity contribution in [1.82, 2.24) is 9.88 Å². The first-order valence-corrected chi connectivity index (χ1v) is 9.30. The summed E-state index contributed by atoms with van der Waals surface area (Å²) in [5.74, 6) is 0. The van der Waals surface area contributed by atoms with Crippen molar-refractivity contribution in [2.75, 3.05) is 37.3 Å². The van der Waals surface area contributed by atoms with Crippen LogP contribution in [0.2, 0.25) is 0 Å². The van der Waals surface area contributed by atoms with E-state index in [1.807, 2.05) is 0 Å². The van der Waals surface area contributed by atoms with Crippen LogP contribution in [0.4, 0.5) is 5.69 Å². The summed E-state index contributed by atoms with van der Waals surface area (Å²) in [7, 11) is 2.17. The maximum absolute atomic E-state index is 4.89. The number of pyridine rings is 1. The molecule has 0 radical (unpaired) electrons. The van der Waals surface area contributed by atoms with Crippen LogP contribution in [0.15, 0.2) is 24.3 Å². The molecule has 0 amide bonds. The number of nitrogens with one attached hydrogen (secondary N) is 1. The summed E-state index contributed by atoms with van der Waals surface area (Å²) in [5.41, 5.74) is 5.21. The van der Waals surface area contributed by atoms with Crippen LogP contribution < -0.4 is 5.32 Å². The second kappa shape index (κ2) is 7.42. The van der Waals surface area contributed by atoms with E-state index >= 15 is 0 Å². The predicted molar refractivity (Wildman–Crippen MR) is 98.2 cm³/mol. The molecule has 0 aliphatic heterocycles. The Balaban J connectivity index is 1.86. The first kappa shape index (κ1) is 15.8. The maximum atomic E-state index is 4.89. The fraction of sp³-hybridized carbons (Fsp3) is 0.500. The summed E-state index contributed by atoms with van der Waals surface area (Å²) in [6.07, 6.45) is 4.84. The van der Waals surface area contributed by atoms with Crippen LogP contribution in [0.1, 0.15) is 24.1 Å². The minimum Gasteiger partial charge on any atom is -0.383 e. The maximum Gasteiger partial charge on any atom is 0.0726 e. The van der Waals surface area contributed by atoms with Crippen molar-refractivity contribution < 1.29 is 0 Å². The Bertz CT molecular complexity index is 642. The number of para-hydroxylation sites is 1. The molecule has 1 aromatic heterocycles. The van der Waals surface area contributed by atoms with Gasteiger partial charge in [-0.05, 0) is 44.4 Å². The standard InChI is InChI=1S/C18H24BrN3/c1-22(12-10-19)13-11-20-18-14-6-2-4-8-16(14)21-17-9-5-3-7-15(17)18/h2,4,6,8H,3,5,7,9-13H2,1H3,(H,20,21). The van der Waals surface area contributed by atoms with Gasteiger partial charge in [0.2, 0.25) is 0 Å². The van der Waals surface area contributed by atoms with Gasteiger partial charge in [-0.3, -0.25) is 4.98 Å². The summed E-state index contributed by atoms with van der Waals surface area (Å²) < 4.78 is 0. The Morgan fingerprint density at radius 3 is 2.86 bits per heavy atom. The molecule has 3 nitrogen and oxygen atoms in total. The van der Waals surface area contributed by atoms with Crippen molar-refractivity contribution in [2.45, 2.75) is 25.7 Å². The SMILES string of the molecule is CN(CCBr)CCNc1c2c(nc3ccccc13)CCCC2. The van der Waals surface area contributed by atoms with Gasteiger partial charge in [-0.15, -0.1) is 0 Å². The minimum atomic E-state index is 0.976. The minimum absolute atomic E-state index is 0.976. The number of fused-ring (bicyclic) bond motifs is 2. The third-order valence-corrected chi connectivity index (χ3v) is 4.79. The normalized spacial score (nSPS) is 14.3. The average Bonchev–Trinajstić information content (AvgIpc) is 2.54. The zero-order valence-corrected chi connectivity index (χ0v) is 14.8. The Hall–Kier alpha value is -1.13. The topological polar surface area (TPSA) is 28.2 Å². The number of anilines is 1. The second-order valence-corrected chi connectivity index (χ2v) is 6.85. The molecule has 2 aromatic rings. The number of rotatable bonds is 6. The number of benzene rings is 1. The number of likely N-dealkylation sites (N-methyl/N-ethyl adjacent to an activating group) is 1. The van der Waals surface area contributed by atoms with E-state index in [4.69, 9.17) is 4.98 Å². The van der Waals surface area contributed by atoms with Crippen molar-refractivity contribution in [3.63, 3.8) is 0 Å². The van der Waals surface area contributed by atoms with Gasteiger partial charge in [-0.1, -0.05) is 34.1 Å². The monoisotopic (exact) mass is 361 g/mol. The molecule has 1 aliphatic rings. The van der Waals surface area contributed by atoms with Crippen molar-refractivity contribution in [2.24, 2.45) is 0 Å². The fourth-order valence-electron chi connectivity index (χ4n) is 3.20. The van der Waals surface area contributed by atoms with Crippen molar-refractivity contribution in [1.29, 1.82) is 0 Å². The highest BCUT2D eigenvalue weighted by Gasteiger charge is 2.17. The first-order valence-electron chi connectivity index (χ1n) is 8.18. The molecule has 1 N–H and O–H groups in total. The molecule has 4 heteroatoms. The van der Waals surface area contributed by atoms with Crippen molar-refractivity contribution in [3.8, 4) is 0 Å². The van der Waals surface area contributed by atoms with E-state index in [1.165, 1.54) is 35.2 Å². The third kappa shape index (κ3) is 3.44. The van der Waals surface area contributed by atoms with Gasteiger partial charge in [0.1, 0.15) is 0 Å². The highest BCUT2D eigenvalue weighted by Crippen LogP contribution is 2.33. The Morgan fingerprint density at radius 1 is 1.18 bits per heavy atom. The smallest absolute Gasteiger partial charge is 0.0726 e. The Labute approximate surface area is 141 Å².